The number of nitrogens with zero attached hydrogens (tertiary/aromatic N) is 3. The second kappa shape index (κ2) is 8.43. The lowest BCUT2D eigenvalue weighted by Crippen LogP contribution is -2.48. The van der Waals surface area contributed by atoms with E-state index in [1.807, 2.05) is 24.3 Å². The summed E-state index contributed by atoms with van der Waals surface area (Å²) in [6.07, 6.45) is -5.45. The van der Waals surface area contributed by atoms with Crippen molar-refractivity contribution in [3.8, 4) is 16.6 Å². The zero-order chi connectivity index (χ0) is 23.1. The van der Waals surface area contributed by atoms with Gasteiger partial charge in [-0.3, -0.25) is 0 Å². The zero-order valence-electron chi connectivity index (χ0n) is 16.9. The molecule has 0 aliphatic heterocycles. The molecule has 2 aromatic heterocycles. The van der Waals surface area contributed by atoms with Gasteiger partial charge in [0.1, 0.15) is 16.9 Å². The van der Waals surface area contributed by atoms with Crippen LogP contribution in [0.15, 0.2) is 24.3 Å². The summed E-state index contributed by atoms with van der Waals surface area (Å²) in [6.45, 7) is -0.329. The predicted octanol–water partition coefficient (Wildman–Crippen LogP) is 2.87. The molecule has 0 radical (unpaired) electrons. The van der Waals surface area contributed by atoms with Gasteiger partial charge < -0.3 is 25.4 Å². The molecule has 2 heterocycles. The summed E-state index contributed by atoms with van der Waals surface area (Å²) >= 11 is 1.33. The predicted molar refractivity (Wildman–Crippen MR) is 111 cm³/mol. The van der Waals surface area contributed by atoms with E-state index in [4.69, 9.17) is 4.74 Å². The normalized spacial score (nSPS) is 23.6. The van der Waals surface area contributed by atoms with Crippen LogP contribution in [-0.4, -0.2) is 61.5 Å². The van der Waals surface area contributed by atoms with Gasteiger partial charge in [-0.25, -0.2) is 4.98 Å². The lowest BCUT2D eigenvalue weighted by molar-refractivity contribution is -0.154. The summed E-state index contributed by atoms with van der Waals surface area (Å²) in [5.74, 6) is -0.573. The second-order valence-electron chi connectivity index (χ2n) is 7.68. The molecule has 0 bridgehead atoms. The number of benzene rings is 1. The molecule has 0 amide bonds. The molecule has 3 atom stereocenters. The summed E-state index contributed by atoms with van der Waals surface area (Å²) in [7, 11) is 0. The highest BCUT2D eigenvalue weighted by molar-refractivity contribution is 7.21. The minimum atomic E-state index is -4.58. The van der Waals surface area contributed by atoms with Crippen LogP contribution in [0, 0.1) is 12.8 Å². The summed E-state index contributed by atoms with van der Waals surface area (Å²) < 4.78 is 43.5. The van der Waals surface area contributed by atoms with E-state index in [0.29, 0.717) is 17.0 Å². The number of anilines is 1. The Kier molecular flexibility index (Phi) is 5.96. The van der Waals surface area contributed by atoms with Gasteiger partial charge in [-0.1, -0.05) is 12.1 Å². The van der Waals surface area contributed by atoms with E-state index in [0.717, 1.165) is 10.2 Å². The van der Waals surface area contributed by atoms with Crippen LogP contribution in [0.1, 0.15) is 18.5 Å². The summed E-state index contributed by atoms with van der Waals surface area (Å²) in [6, 6.07) is 6.85. The fourth-order valence-corrected chi connectivity index (χ4v) is 4.78. The van der Waals surface area contributed by atoms with Crippen molar-refractivity contribution in [2.24, 2.45) is 5.92 Å². The van der Waals surface area contributed by atoms with Crippen LogP contribution in [0.25, 0.3) is 20.8 Å². The maximum Gasteiger partial charge on any atom is 0.422 e. The maximum atomic E-state index is 12.6. The number of para-hydroxylation sites is 1. The number of ether oxygens (including phenoxy) is 1. The average Bonchev–Trinajstić information content (AvgIpc) is 3.26. The highest BCUT2D eigenvalue weighted by Gasteiger charge is 2.47. The standard InChI is InChI=1S/C20H21F3N4O4S/c1-10-14(17-25-12-4-2-3-5-13(12)32-17)16(26-18(24-10)31-9-20(21,22)23)27-19(30)7-6-11(8-28)15(19)29/h2-5,11,15,28-30H,6-9H2,1H3,(H,24,26,27)/t11-,15-,19-/m1/s1. The number of aromatic nitrogens is 3. The zero-order valence-corrected chi connectivity index (χ0v) is 17.7. The lowest BCUT2D eigenvalue weighted by Gasteiger charge is -2.30. The van der Waals surface area contributed by atoms with Crippen molar-refractivity contribution in [3.63, 3.8) is 0 Å². The monoisotopic (exact) mass is 470 g/mol. The largest absolute Gasteiger partial charge is 0.454 e. The van der Waals surface area contributed by atoms with Gasteiger partial charge in [-0.05, 0) is 31.9 Å². The number of halogens is 3. The maximum absolute atomic E-state index is 12.6. The number of hydrogen-bond donors (Lipinski definition) is 4. The van der Waals surface area contributed by atoms with Gasteiger partial charge in [0.2, 0.25) is 0 Å². The number of aryl methyl sites for hydroxylation is 1. The van der Waals surface area contributed by atoms with Crippen LogP contribution in [0.5, 0.6) is 6.01 Å². The molecule has 4 N–H and O–H groups in total. The van der Waals surface area contributed by atoms with E-state index in [1.165, 1.54) is 11.3 Å². The fourth-order valence-electron chi connectivity index (χ4n) is 3.72. The highest BCUT2D eigenvalue weighted by Crippen LogP contribution is 2.40. The highest BCUT2D eigenvalue weighted by atomic mass is 32.1. The van der Waals surface area contributed by atoms with Crippen molar-refractivity contribution < 1.29 is 33.2 Å². The first-order chi connectivity index (χ1) is 15.1. The molecule has 0 spiro atoms. The third kappa shape index (κ3) is 4.49. The minimum Gasteiger partial charge on any atom is -0.454 e. The topological polar surface area (TPSA) is 121 Å². The minimum absolute atomic E-state index is 0.0196. The number of aliphatic hydroxyl groups is 3. The van der Waals surface area contributed by atoms with Crippen LogP contribution in [0.2, 0.25) is 0 Å². The first-order valence-corrected chi connectivity index (χ1v) is 10.6. The molecule has 12 heteroatoms. The second-order valence-corrected chi connectivity index (χ2v) is 8.71. The Morgan fingerprint density at radius 3 is 2.66 bits per heavy atom. The van der Waals surface area contributed by atoms with E-state index in [9.17, 15) is 28.5 Å². The van der Waals surface area contributed by atoms with Crippen LogP contribution in [-0.2, 0) is 0 Å². The molecule has 1 fully saturated rings. The molecule has 8 nitrogen and oxygen atoms in total. The summed E-state index contributed by atoms with van der Waals surface area (Å²) in [4.78, 5) is 12.7. The molecule has 1 saturated carbocycles. The molecule has 32 heavy (non-hydrogen) atoms. The van der Waals surface area contributed by atoms with Crippen molar-refractivity contribution in [1.29, 1.82) is 0 Å². The molecule has 172 valence electrons. The SMILES string of the molecule is Cc1nc(OCC(F)(F)F)nc(N[C@@]2(O)CC[C@H](CO)[C@H]2O)c1-c1nc2ccccc2s1. The van der Waals surface area contributed by atoms with Gasteiger partial charge >= 0.3 is 12.2 Å². The molecule has 1 aromatic carbocycles. The van der Waals surface area contributed by atoms with E-state index in [2.05, 4.69) is 20.3 Å². The molecular formula is C20H21F3N4O4S. The van der Waals surface area contributed by atoms with E-state index >= 15 is 0 Å². The van der Waals surface area contributed by atoms with Gasteiger partial charge in [0.15, 0.2) is 12.3 Å². The Labute approximate surface area is 184 Å². The number of fused-ring (bicyclic) bond motifs is 1. The lowest BCUT2D eigenvalue weighted by atomic mass is 10.0. The van der Waals surface area contributed by atoms with Crippen molar-refractivity contribution in [1.82, 2.24) is 15.0 Å². The quantitative estimate of drug-likeness (QED) is 0.406. The Bertz CT molecular complexity index is 1090. The van der Waals surface area contributed by atoms with Crippen molar-refractivity contribution in [2.45, 2.75) is 37.8 Å². The van der Waals surface area contributed by atoms with Crippen molar-refractivity contribution >= 4 is 27.4 Å². The van der Waals surface area contributed by atoms with Gasteiger partial charge in [-0.2, -0.15) is 23.1 Å². The van der Waals surface area contributed by atoms with Gasteiger partial charge in [0.25, 0.3) is 0 Å². The number of aliphatic hydroxyl groups excluding tert-OH is 2. The average molecular weight is 470 g/mol. The molecule has 1 aliphatic carbocycles. The van der Waals surface area contributed by atoms with Crippen molar-refractivity contribution in [3.05, 3.63) is 30.0 Å². The van der Waals surface area contributed by atoms with Crippen LogP contribution in [0.3, 0.4) is 0 Å². The third-order valence-corrected chi connectivity index (χ3v) is 6.40. The smallest absolute Gasteiger partial charge is 0.422 e. The molecule has 4 rings (SSSR count). The van der Waals surface area contributed by atoms with Crippen LogP contribution in [0.4, 0.5) is 19.0 Å². The van der Waals surface area contributed by atoms with E-state index in [-0.39, 0.29) is 24.5 Å². The Morgan fingerprint density at radius 1 is 1.25 bits per heavy atom. The van der Waals surface area contributed by atoms with Gasteiger partial charge in [0.05, 0.1) is 21.5 Å². The Hall–Kier alpha value is -2.54. The summed E-state index contributed by atoms with van der Waals surface area (Å²) in [5.41, 5.74) is -0.469. The number of thiazole rings is 1. The molecular weight excluding hydrogens is 449 g/mol. The fraction of sp³-hybridized carbons (Fsp3) is 0.450. The molecule has 1 aliphatic rings. The number of alkyl halides is 3. The molecule has 0 saturated heterocycles. The third-order valence-electron chi connectivity index (χ3n) is 5.34. The number of rotatable bonds is 6. The summed E-state index contributed by atoms with van der Waals surface area (Å²) in [5, 5.41) is 34.2. The Balaban J connectivity index is 1.77. The Morgan fingerprint density at radius 2 is 2.00 bits per heavy atom. The van der Waals surface area contributed by atoms with Gasteiger partial charge in [0, 0.05) is 12.5 Å². The van der Waals surface area contributed by atoms with Crippen LogP contribution < -0.4 is 10.1 Å². The molecule has 3 aromatic rings. The first kappa shape index (κ1) is 22.6. The van der Waals surface area contributed by atoms with Crippen molar-refractivity contribution in [2.75, 3.05) is 18.5 Å². The van der Waals surface area contributed by atoms with Gasteiger partial charge in [-0.15, -0.1) is 11.3 Å². The first-order valence-electron chi connectivity index (χ1n) is 9.83. The van der Waals surface area contributed by atoms with E-state index in [1.54, 1.807) is 6.92 Å². The molecule has 0 unspecified atom stereocenters. The number of hydrogen-bond acceptors (Lipinski definition) is 9. The van der Waals surface area contributed by atoms with Crippen LogP contribution >= 0.6 is 11.3 Å². The number of nitrogens with one attached hydrogen (secondary N) is 1. The van der Waals surface area contributed by atoms with E-state index < -0.39 is 36.5 Å².